The van der Waals surface area contributed by atoms with Crippen molar-refractivity contribution in [3.63, 3.8) is 0 Å². The summed E-state index contributed by atoms with van der Waals surface area (Å²) in [6.07, 6.45) is 0. The number of aliphatic hydroxyl groups excluding tert-OH is 1. The summed E-state index contributed by atoms with van der Waals surface area (Å²) in [6.45, 7) is 6.26. The Morgan fingerprint density at radius 2 is 2.20 bits per heavy atom. The molecule has 0 heterocycles. The Bertz CT molecular complexity index is 300. The van der Waals surface area contributed by atoms with Crippen molar-refractivity contribution in [2.75, 3.05) is 25.1 Å². The fourth-order valence-electron chi connectivity index (χ4n) is 1.43. The molecule has 0 fully saturated rings. The van der Waals surface area contributed by atoms with Crippen molar-refractivity contribution in [3.05, 3.63) is 29.3 Å². The van der Waals surface area contributed by atoms with E-state index in [0.717, 1.165) is 30.0 Å². The lowest BCUT2D eigenvalue weighted by atomic mass is 10.1. The maximum atomic E-state index is 9.17. The topological polar surface area (TPSA) is 41.5 Å². The zero-order valence-corrected chi connectivity index (χ0v) is 9.42. The molecule has 2 N–H and O–H groups in total. The van der Waals surface area contributed by atoms with Gasteiger partial charge in [0.05, 0.1) is 13.2 Å². The standard InChI is InChI=1S/C12H19NO2/c1-3-15-7-6-13-12-5-4-10(2)8-11(12)9-14/h4-5,8,13-14H,3,6-7,9H2,1-2H3. The van der Waals surface area contributed by atoms with Crippen molar-refractivity contribution in [1.82, 2.24) is 0 Å². The first-order valence-corrected chi connectivity index (χ1v) is 5.30. The molecule has 1 rings (SSSR count). The maximum Gasteiger partial charge on any atom is 0.0702 e. The van der Waals surface area contributed by atoms with Gasteiger partial charge in [0.25, 0.3) is 0 Å². The van der Waals surface area contributed by atoms with Crippen LogP contribution in [0.5, 0.6) is 0 Å². The normalized spacial score (nSPS) is 10.3. The lowest BCUT2D eigenvalue weighted by Crippen LogP contribution is -2.10. The number of aliphatic hydroxyl groups is 1. The van der Waals surface area contributed by atoms with Gasteiger partial charge in [-0.1, -0.05) is 17.7 Å². The Balaban J connectivity index is 2.52. The van der Waals surface area contributed by atoms with Gasteiger partial charge in [-0.2, -0.15) is 0 Å². The first-order chi connectivity index (χ1) is 7.27. The van der Waals surface area contributed by atoms with Crippen LogP contribution < -0.4 is 5.32 Å². The lowest BCUT2D eigenvalue weighted by molar-refractivity contribution is 0.158. The van der Waals surface area contributed by atoms with E-state index < -0.39 is 0 Å². The fraction of sp³-hybridized carbons (Fsp3) is 0.500. The van der Waals surface area contributed by atoms with Gasteiger partial charge in [0, 0.05) is 24.4 Å². The summed E-state index contributed by atoms with van der Waals surface area (Å²) >= 11 is 0. The molecular weight excluding hydrogens is 190 g/mol. The fourth-order valence-corrected chi connectivity index (χ4v) is 1.43. The molecule has 0 aromatic heterocycles. The van der Waals surface area contributed by atoms with Gasteiger partial charge in [-0.05, 0) is 19.9 Å². The summed E-state index contributed by atoms with van der Waals surface area (Å²) in [4.78, 5) is 0. The second kappa shape index (κ2) is 6.43. The Labute approximate surface area is 91.1 Å². The number of nitrogens with one attached hydrogen (secondary N) is 1. The summed E-state index contributed by atoms with van der Waals surface area (Å²) in [5.74, 6) is 0. The summed E-state index contributed by atoms with van der Waals surface area (Å²) in [6, 6.07) is 6.01. The van der Waals surface area contributed by atoms with Crippen molar-refractivity contribution in [2.24, 2.45) is 0 Å². The molecule has 15 heavy (non-hydrogen) atoms. The minimum Gasteiger partial charge on any atom is -0.392 e. The Morgan fingerprint density at radius 1 is 1.40 bits per heavy atom. The van der Waals surface area contributed by atoms with E-state index >= 15 is 0 Å². The predicted molar refractivity (Wildman–Crippen MR) is 62.1 cm³/mol. The van der Waals surface area contributed by atoms with E-state index in [2.05, 4.69) is 5.32 Å². The molecule has 0 aliphatic carbocycles. The minimum atomic E-state index is 0.0681. The van der Waals surface area contributed by atoms with Crippen LogP contribution in [0.15, 0.2) is 18.2 Å². The van der Waals surface area contributed by atoms with Crippen LogP contribution in [0.4, 0.5) is 5.69 Å². The van der Waals surface area contributed by atoms with Crippen LogP contribution >= 0.6 is 0 Å². The number of hydrogen-bond donors (Lipinski definition) is 2. The van der Waals surface area contributed by atoms with Crippen molar-refractivity contribution in [1.29, 1.82) is 0 Å². The highest BCUT2D eigenvalue weighted by atomic mass is 16.5. The highest BCUT2D eigenvalue weighted by Crippen LogP contribution is 2.16. The Hall–Kier alpha value is -1.06. The summed E-state index contributed by atoms with van der Waals surface area (Å²) < 4.78 is 5.23. The number of hydrogen-bond acceptors (Lipinski definition) is 3. The van der Waals surface area contributed by atoms with Crippen LogP contribution in [-0.2, 0) is 11.3 Å². The third-order valence-corrected chi connectivity index (χ3v) is 2.20. The second-order valence-corrected chi connectivity index (χ2v) is 3.44. The van der Waals surface area contributed by atoms with Gasteiger partial charge >= 0.3 is 0 Å². The van der Waals surface area contributed by atoms with Crippen molar-refractivity contribution in [2.45, 2.75) is 20.5 Å². The van der Waals surface area contributed by atoms with Crippen molar-refractivity contribution >= 4 is 5.69 Å². The van der Waals surface area contributed by atoms with E-state index in [4.69, 9.17) is 4.74 Å². The van der Waals surface area contributed by atoms with E-state index in [9.17, 15) is 5.11 Å². The molecule has 1 aromatic carbocycles. The molecule has 0 saturated carbocycles. The van der Waals surface area contributed by atoms with Crippen LogP contribution in [0, 0.1) is 6.92 Å². The number of rotatable bonds is 6. The molecule has 0 bridgehead atoms. The smallest absolute Gasteiger partial charge is 0.0702 e. The van der Waals surface area contributed by atoms with Crippen LogP contribution in [0.3, 0.4) is 0 Å². The van der Waals surface area contributed by atoms with Gasteiger partial charge in [-0.15, -0.1) is 0 Å². The molecule has 3 nitrogen and oxygen atoms in total. The van der Waals surface area contributed by atoms with Gasteiger partial charge in [-0.3, -0.25) is 0 Å². The summed E-state index contributed by atoms with van der Waals surface area (Å²) in [7, 11) is 0. The van der Waals surface area contributed by atoms with E-state index in [0.29, 0.717) is 6.61 Å². The monoisotopic (exact) mass is 209 g/mol. The Kier molecular flexibility index (Phi) is 5.15. The first kappa shape index (κ1) is 12.0. The molecular formula is C12H19NO2. The quantitative estimate of drug-likeness (QED) is 0.703. The van der Waals surface area contributed by atoms with Gasteiger partial charge in [-0.25, -0.2) is 0 Å². The third-order valence-electron chi connectivity index (χ3n) is 2.20. The van der Waals surface area contributed by atoms with Gasteiger partial charge in [0.1, 0.15) is 0 Å². The predicted octanol–water partition coefficient (Wildman–Crippen LogP) is 1.94. The second-order valence-electron chi connectivity index (χ2n) is 3.44. The molecule has 0 aliphatic rings. The Morgan fingerprint density at radius 3 is 2.87 bits per heavy atom. The van der Waals surface area contributed by atoms with Crippen molar-refractivity contribution < 1.29 is 9.84 Å². The number of benzene rings is 1. The number of anilines is 1. The molecule has 0 unspecified atom stereocenters. The van der Waals surface area contributed by atoms with Crippen LogP contribution in [0.1, 0.15) is 18.1 Å². The van der Waals surface area contributed by atoms with Crippen molar-refractivity contribution in [3.8, 4) is 0 Å². The molecule has 0 spiro atoms. The summed E-state index contributed by atoms with van der Waals surface area (Å²) in [5.41, 5.74) is 3.09. The molecule has 0 aliphatic heterocycles. The number of ether oxygens (including phenoxy) is 1. The van der Waals surface area contributed by atoms with E-state index in [1.165, 1.54) is 0 Å². The molecule has 0 radical (unpaired) electrons. The average molecular weight is 209 g/mol. The molecule has 0 atom stereocenters. The van der Waals surface area contributed by atoms with Crippen LogP contribution in [0.25, 0.3) is 0 Å². The van der Waals surface area contributed by atoms with Gasteiger partial charge < -0.3 is 15.2 Å². The average Bonchev–Trinajstić information content (AvgIpc) is 2.26. The van der Waals surface area contributed by atoms with E-state index in [1.807, 2.05) is 32.0 Å². The lowest BCUT2D eigenvalue weighted by Gasteiger charge is -2.11. The van der Waals surface area contributed by atoms with Crippen LogP contribution in [0.2, 0.25) is 0 Å². The third kappa shape index (κ3) is 3.90. The zero-order chi connectivity index (χ0) is 11.1. The number of aryl methyl sites for hydroxylation is 1. The molecule has 0 saturated heterocycles. The van der Waals surface area contributed by atoms with Crippen LogP contribution in [-0.4, -0.2) is 24.9 Å². The molecule has 1 aromatic rings. The van der Waals surface area contributed by atoms with Gasteiger partial charge in [0.15, 0.2) is 0 Å². The van der Waals surface area contributed by atoms with Gasteiger partial charge in [0.2, 0.25) is 0 Å². The molecule has 3 heteroatoms. The molecule has 0 amide bonds. The first-order valence-electron chi connectivity index (χ1n) is 5.30. The zero-order valence-electron chi connectivity index (χ0n) is 9.42. The summed E-state index contributed by atoms with van der Waals surface area (Å²) in [5, 5.41) is 12.4. The largest absolute Gasteiger partial charge is 0.392 e. The highest BCUT2D eigenvalue weighted by molar-refractivity contribution is 5.52. The van der Waals surface area contributed by atoms with E-state index in [1.54, 1.807) is 0 Å². The minimum absolute atomic E-state index is 0.0681. The molecule has 84 valence electrons. The maximum absolute atomic E-state index is 9.17. The SMILES string of the molecule is CCOCCNc1ccc(C)cc1CO. The highest BCUT2D eigenvalue weighted by Gasteiger charge is 2.00. The van der Waals surface area contributed by atoms with E-state index in [-0.39, 0.29) is 6.61 Å².